The summed E-state index contributed by atoms with van der Waals surface area (Å²) in [6, 6.07) is 0. The van der Waals surface area contributed by atoms with Crippen LogP contribution >= 0.6 is 11.8 Å². The highest BCUT2D eigenvalue weighted by molar-refractivity contribution is 8.00. The van der Waals surface area contributed by atoms with E-state index in [1.54, 1.807) is 0 Å². The minimum Gasteiger partial charge on any atom is -0.480 e. The number of thioether (sulfide) groups is 1. The Hall–Kier alpha value is -0.820. The van der Waals surface area contributed by atoms with E-state index >= 15 is 0 Å². The van der Waals surface area contributed by atoms with Gasteiger partial charge in [-0.1, -0.05) is 6.92 Å². The third kappa shape index (κ3) is 1.50. The molecule has 0 aromatic carbocycles. The van der Waals surface area contributed by atoms with E-state index in [1.165, 1.54) is 11.8 Å². The van der Waals surface area contributed by atoms with Crippen LogP contribution in [0.15, 0.2) is 0 Å². The average Bonchev–Trinajstić information content (AvgIpc) is 2.76. The summed E-state index contributed by atoms with van der Waals surface area (Å²) in [5, 5.41) is 17.7. The van der Waals surface area contributed by atoms with E-state index in [1.807, 2.05) is 6.92 Å². The molecule has 18 heavy (non-hydrogen) atoms. The van der Waals surface area contributed by atoms with Crippen molar-refractivity contribution in [3.63, 3.8) is 0 Å². The first kappa shape index (κ1) is 13.6. The molecule has 5 atom stereocenters. The molecule has 0 aromatic rings. The first-order chi connectivity index (χ1) is 8.31. The van der Waals surface area contributed by atoms with Gasteiger partial charge in [0.1, 0.15) is 5.54 Å². The number of fused-ring (bicyclic) bond motifs is 1. The molecule has 4 N–H and O–H groups in total. The zero-order valence-corrected chi connectivity index (χ0v) is 10.7. The van der Waals surface area contributed by atoms with Crippen molar-refractivity contribution >= 4 is 23.7 Å². The summed E-state index contributed by atoms with van der Waals surface area (Å²) in [6.45, 7) is 1.96. The number of aliphatic carboxylic acids is 2. The van der Waals surface area contributed by atoms with Crippen LogP contribution in [0.2, 0.25) is 0 Å². The van der Waals surface area contributed by atoms with Crippen molar-refractivity contribution in [1.82, 2.24) is 0 Å². The highest BCUT2D eigenvalue weighted by atomic mass is 32.2. The van der Waals surface area contributed by atoms with E-state index in [-0.39, 0.29) is 6.42 Å². The molecule has 2 rings (SSSR count). The van der Waals surface area contributed by atoms with Crippen LogP contribution in [-0.2, 0) is 9.59 Å². The summed E-state index contributed by atoms with van der Waals surface area (Å²) in [7, 11) is 0. The second-order valence-corrected chi connectivity index (χ2v) is 6.30. The molecule has 0 amide bonds. The number of alkyl halides is 1. The Morgan fingerprint density at radius 3 is 2.50 bits per heavy atom. The number of nitrogens with two attached hydrogens (primary N) is 1. The molecule has 2 aliphatic carbocycles. The largest absolute Gasteiger partial charge is 0.480 e. The van der Waals surface area contributed by atoms with Gasteiger partial charge in [0.2, 0.25) is 5.67 Å². The Labute approximate surface area is 108 Å². The van der Waals surface area contributed by atoms with Crippen LogP contribution in [-0.4, -0.2) is 44.4 Å². The van der Waals surface area contributed by atoms with Gasteiger partial charge in [0.25, 0.3) is 0 Å². The standard InChI is InChI=1S/C11H16FNO4S/c1-2-3-18-6-4-5-7(10(5,12)8(14)15)11(6,13)9(16)17/h5-7H,2-4,13H2,1H3,(H,14,15)(H,16,17)/t5-,6-,7+,10-,11+/m1/s1. The molecule has 5 nitrogen and oxygen atoms in total. The Bertz CT molecular complexity index is 407. The fourth-order valence-electron chi connectivity index (χ4n) is 3.07. The SMILES string of the molecule is CCCS[C@@H]1C[C@@H]2[C@H]([C@]1(N)C(=O)O)[C@@]2(F)C(=O)O. The molecule has 2 fully saturated rings. The average molecular weight is 277 g/mol. The van der Waals surface area contributed by atoms with Crippen molar-refractivity contribution < 1.29 is 24.2 Å². The van der Waals surface area contributed by atoms with Gasteiger partial charge in [0.15, 0.2) is 0 Å². The topological polar surface area (TPSA) is 101 Å². The van der Waals surface area contributed by atoms with Crippen molar-refractivity contribution in [1.29, 1.82) is 0 Å². The van der Waals surface area contributed by atoms with Crippen molar-refractivity contribution in [2.45, 2.75) is 36.2 Å². The van der Waals surface area contributed by atoms with Crippen molar-refractivity contribution in [3.05, 3.63) is 0 Å². The summed E-state index contributed by atoms with van der Waals surface area (Å²) in [4.78, 5) is 22.2. The van der Waals surface area contributed by atoms with Crippen LogP contribution in [0.1, 0.15) is 19.8 Å². The maximum absolute atomic E-state index is 14.1. The summed E-state index contributed by atoms with van der Waals surface area (Å²) in [5.74, 6) is -4.01. The number of rotatable bonds is 5. The highest BCUT2D eigenvalue weighted by Gasteiger charge is 2.84. The molecule has 0 bridgehead atoms. The fourth-order valence-corrected chi connectivity index (χ4v) is 4.45. The van der Waals surface area contributed by atoms with Gasteiger partial charge in [0.05, 0.1) is 0 Å². The normalized spacial score (nSPS) is 45.6. The van der Waals surface area contributed by atoms with Gasteiger partial charge < -0.3 is 15.9 Å². The molecule has 0 radical (unpaired) electrons. The van der Waals surface area contributed by atoms with Gasteiger partial charge in [-0.2, -0.15) is 11.8 Å². The lowest BCUT2D eigenvalue weighted by atomic mass is 9.90. The number of hydrogen-bond acceptors (Lipinski definition) is 4. The molecule has 0 aliphatic heterocycles. The van der Waals surface area contributed by atoms with Crippen LogP contribution in [0.3, 0.4) is 0 Å². The zero-order valence-electron chi connectivity index (χ0n) is 9.93. The highest BCUT2D eigenvalue weighted by Crippen LogP contribution is 2.68. The second kappa shape index (κ2) is 4.09. The zero-order chi connectivity index (χ0) is 13.7. The lowest BCUT2D eigenvalue weighted by Gasteiger charge is -2.31. The molecular weight excluding hydrogens is 261 g/mol. The summed E-state index contributed by atoms with van der Waals surface area (Å²) >= 11 is 1.40. The van der Waals surface area contributed by atoms with E-state index in [9.17, 15) is 19.1 Å². The number of carboxylic acid groups (broad SMARTS) is 2. The summed E-state index contributed by atoms with van der Waals surface area (Å²) in [6.07, 6.45) is 1.09. The van der Waals surface area contributed by atoms with E-state index < -0.39 is 40.2 Å². The molecule has 0 spiro atoms. The summed E-state index contributed by atoms with van der Waals surface area (Å²) < 4.78 is 14.1. The Kier molecular flexibility index (Phi) is 3.09. The first-order valence-corrected chi connectivity index (χ1v) is 6.92. The predicted molar refractivity (Wildman–Crippen MR) is 64.2 cm³/mol. The Morgan fingerprint density at radius 1 is 1.44 bits per heavy atom. The van der Waals surface area contributed by atoms with Gasteiger partial charge in [-0.15, -0.1) is 0 Å². The monoisotopic (exact) mass is 277 g/mol. The predicted octanol–water partition coefficient (Wildman–Crippen LogP) is 0.723. The first-order valence-electron chi connectivity index (χ1n) is 5.87. The number of hydrogen-bond donors (Lipinski definition) is 3. The van der Waals surface area contributed by atoms with Gasteiger partial charge in [-0.05, 0) is 18.6 Å². The molecule has 0 heterocycles. The maximum Gasteiger partial charge on any atom is 0.342 e. The quantitative estimate of drug-likeness (QED) is 0.684. The van der Waals surface area contributed by atoms with Crippen molar-refractivity contribution in [2.75, 3.05) is 5.75 Å². The van der Waals surface area contributed by atoms with Crippen LogP contribution in [0.25, 0.3) is 0 Å². The smallest absolute Gasteiger partial charge is 0.342 e. The van der Waals surface area contributed by atoms with Crippen molar-refractivity contribution in [3.8, 4) is 0 Å². The molecule has 102 valence electrons. The van der Waals surface area contributed by atoms with Crippen LogP contribution in [0.5, 0.6) is 0 Å². The molecular formula is C11H16FNO4S. The Balaban J connectivity index is 2.24. The van der Waals surface area contributed by atoms with Gasteiger partial charge in [-0.3, -0.25) is 4.79 Å². The number of carbonyl (C=O) groups is 2. The Morgan fingerprint density at radius 2 is 2.06 bits per heavy atom. The minimum absolute atomic E-state index is 0.223. The minimum atomic E-state index is -2.45. The van der Waals surface area contributed by atoms with E-state index in [0.29, 0.717) is 0 Å². The number of halogens is 1. The fraction of sp³-hybridized carbons (Fsp3) is 0.818. The van der Waals surface area contributed by atoms with Crippen LogP contribution in [0, 0.1) is 11.8 Å². The van der Waals surface area contributed by atoms with E-state index in [2.05, 4.69) is 0 Å². The molecule has 2 aliphatic rings. The van der Waals surface area contributed by atoms with Gasteiger partial charge in [0, 0.05) is 17.1 Å². The summed E-state index contributed by atoms with van der Waals surface area (Å²) in [5.41, 5.74) is 1.65. The maximum atomic E-state index is 14.1. The molecule has 7 heteroatoms. The molecule has 0 aromatic heterocycles. The second-order valence-electron chi connectivity index (χ2n) is 4.99. The molecule has 0 saturated heterocycles. The van der Waals surface area contributed by atoms with Crippen molar-refractivity contribution in [2.24, 2.45) is 17.6 Å². The molecule has 0 unspecified atom stereocenters. The van der Waals surface area contributed by atoms with E-state index in [0.717, 1.165) is 12.2 Å². The van der Waals surface area contributed by atoms with Gasteiger partial charge >= 0.3 is 11.9 Å². The number of carboxylic acids is 2. The van der Waals surface area contributed by atoms with Gasteiger partial charge in [-0.25, -0.2) is 9.18 Å². The third-order valence-corrected chi connectivity index (χ3v) is 5.65. The van der Waals surface area contributed by atoms with Crippen LogP contribution in [0.4, 0.5) is 4.39 Å². The lowest BCUT2D eigenvalue weighted by molar-refractivity contribution is -0.149. The third-order valence-electron chi connectivity index (χ3n) is 4.02. The lowest BCUT2D eigenvalue weighted by Crippen LogP contribution is -2.58. The van der Waals surface area contributed by atoms with Crippen LogP contribution < -0.4 is 5.73 Å². The van der Waals surface area contributed by atoms with E-state index in [4.69, 9.17) is 10.8 Å². The molecule has 2 saturated carbocycles.